The van der Waals surface area contributed by atoms with Crippen LogP contribution >= 0.6 is 0 Å². The number of halogens is 3. The maximum atomic E-state index is 11.7. The van der Waals surface area contributed by atoms with Crippen molar-refractivity contribution in [2.24, 2.45) is 11.5 Å². The molecule has 0 saturated heterocycles. The Balaban J connectivity index is 4.47. The Morgan fingerprint density at radius 2 is 1.93 bits per heavy atom. The van der Waals surface area contributed by atoms with Gasteiger partial charge in [-0.3, -0.25) is 4.79 Å². The van der Waals surface area contributed by atoms with Gasteiger partial charge in [-0.05, 0) is 13.0 Å². The van der Waals surface area contributed by atoms with Crippen LogP contribution in [0, 0.1) is 0 Å². The molecular weight excluding hydrogens is 213 g/mol. The largest absolute Gasteiger partial charge is 0.470 e. The number of allylic oxidation sites excluding steroid dienone is 3. The predicted molar refractivity (Wildman–Crippen MR) is 47.2 cm³/mol. The van der Waals surface area contributed by atoms with Crippen LogP contribution in [0.3, 0.4) is 0 Å². The molecule has 0 amide bonds. The van der Waals surface area contributed by atoms with Crippen molar-refractivity contribution in [2.45, 2.75) is 13.1 Å². The summed E-state index contributed by atoms with van der Waals surface area (Å²) >= 11 is 0. The van der Waals surface area contributed by atoms with Gasteiger partial charge in [0.15, 0.2) is 18.8 Å². The van der Waals surface area contributed by atoms with Crippen LogP contribution in [0.2, 0.25) is 0 Å². The fraction of sp³-hybridized carbons (Fsp3) is 0.375. The van der Waals surface area contributed by atoms with Crippen molar-refractivity contribution in [3.05, 3.63) is 23.2 Å². The molecule has 0 fully saturated rings. The summed E-state index contributed by atoms with van der Waals surface area (Å²) in [7, 11) is 0. The quantitative estimate of drug-likeness (QED) is 0.320. The molecule has 0 aromatic rings. The first-order valence-corrected chi connectivity index (χ1v) is 3.84. The molecule has 4 N–H and O–H groups in total. The Hall–Kier alpha value is -1.66. The van der Waals surface area contributed by atoms with E-state index in [0.717, 1.165) is 6.08 Å². The van der Waals surface area contributed by atoms with Gasteiger partial charge in [0.25, 0.3) is 0 Å². The highest BCUT2D eigenvalue weighted by molar-refractivity contribution is 5.72. The molecule has 0 bridgehead atoms. The number of nitrogens with two attached hydrogens (primary N) is 2. The first-order valence-electron chi connectivity index (χ1n) is 3.84. The molecule has 0 aliphatic rings. The number of carbonyl (C=O) groups excluding carboxylic acids is 1. The van der Waals surface area contributed by atoms with Gasteiger partial charge in [-0.15, -0.1) is 0 Å². The van der Waals surface area contributed by atoms with Crippen molar-refractivity contribution < 1.29 is 22.7 Å². The number of hydrogen-bond acceptors (Lipinski definition) is 4. The number of alkyl halides is 3. The smallest absolute Gasteiger partial charge is 0.422 e. The van der Waals surface area contributed by atoms with E-state index in [1.807, 2.05) is 0 Å². The highest BCUT2D eigenvalue weighted by Gasteiger charge is 2.28. The lowest BCUT2D eigenvalue weighted by Crippen LogP contribution is -2.19. The van der Waals surface area contributed by atoms with E-state index < -0.39 is 18.7 Å². The molecule has 15 heavy (non-hydrogen) atoms. The molecule has 0 aliphatic heterocycles. The molecule has 0 spiro atoms. The van der Waals surface area contributed by atoms with E-state index in [2.05, 4.69) is 4.74 Å². The molecule has 86 valence electrons. The fourth-order valence-corrected chi connectivity index (χ4v) is 0.629. The molecule has 0 heterocycles. The van der Waals surface area contributed by atoms with E-state index in [4.69, 9.17) is 11.5 Å². The average Bonchev–Trinajstić information content (AvgIpc) is 2.12. The van der Waals surface area contributed by atoms with E-state index in [9.17, 15) is 18.0 Å². The van der Waals surface area contributed by atoms with Crippen LogP contribution in [0.5, 0.6) is 0 Å². The molecule has 0 aromatic heterocycles. The average molecular weight is 224 g/mol. The molecule has 7 heteroatoms. The van der Waals surface area contributed by atoms with Crippen LogP contribution in [-0.4, -0.2) is 19.1 Å². The van der Waals surface area contributed by atoms with E-state index in [-0.39, 0.29) is 11.3 Å². The molecule has 0 rings (SSSR count). The van der Waals surface area contributed by atoms with E-state index in [0.29, 0.717) is 6.29 Å². The molecule has 4 nitrogen and oxygen atoms in total. The lowest BCUT2D eigenvalue weighted by Gasteiger charge is -2.10. The summed E-state index contributed by atoms with van der Waals surface area (Å²) in [5.41, 5.74) is 10.3. The highest BCUT2D eigenvalue weighted by Crippen LogP contribution is 2.16. The molecule has 0 aliphatic carbocycles. The molecule has 0 saturated carbocycles. The summed E-state index contributed by atoms with van der Waals surface area (Å²) in [5, 5.41) is 0. The van der Waals surface area contributed by atoms with E-state index in [1.54, 1.807) is 0 Å². The van der Waals surface area contributed by atoms with Crippen LogP contribution in [0.15, 0.2) is 23.2 Å². The maximum Gasteiger partial charge on any atom is 0.422 e. The van der Waals surface area contributed by atoms with Crippen LogP contribution in [0.4, 0.5) is 13.2 Å². The van der Waals surface area contributed by atoms with Gasteiger partial charge < -0.3 is 16.2 Å². The van der Waals surface area contributed by atoms with Crippen molar-refractivity contribution in [1.82, 2.24) is 0 Å². The van der Waals surface area contributed by atoms with Gasteiger partial charge >= 0.3 is 6.18 Å². The van der Waals surface area contributed by atoms with Crippen molar-refractivity contribution in [2.75, 3.05) is 6.61 Å². The van der Waals surface area contributed by atoms with Gasteiger partial charge in [0.1, 0.15) is 0 Å². The molecular formula is C8H11F3N2O2. The first-order chi connectivity index (χ1) is 6.76. The predicted octanol–water partition coefficient (Wildman–Crippen LogP) is 0.797. The third kappa shape index (κ3) is 6.42. The summed E-state index contributed by atoms with van der Waals surface area (Å²) in [4.78, 5) is 10.1. The zero-order valence-corrected chi connectivity index (χ0v) is 7.97. The Morgan fingerprint density at radius 1 is 1.40 bits per heavy atom. The Bertz CT molecular complexity index is 295. The van der Waals surface area contributed by atoms with Crippen LogP contribution < -0.4 is 11.5 Å². The molecule has 0 aromatic carbocycles. The molecule has 0 atom stereocenters. The number of aldehydes is 1. The zero-order chi connectivity index (χ0) is 12.1. The second-order valence-electron chi connectivity index (χ2n) is 2.71. The number of hydrogen-bond donors (Lipinski definition) is 2. The fourth-order valence-electron chi connectivity index (χ4n) is 0.629. The summed E-state index contributed by atoms with van der Waals surface area (Å²) in [5.74, 6) is -0.419. The van der Waals surface area contributed by atoms with Crippen LogP contribution in [-0.2, 0) is 9.53 Å². The second-order valence-corrected chi connectivity index (χ2v) is 2.71. The Labute approximate surface area is 84.4 Å². The second kappa shape index (κ2) is 5.28. The van der Waals surface area contributed by atoms with Gasteiger partial charge in [0.05, 0.1) is 5.70 Å². The monoisotopic (exact) mass is 224 g/mol. The summed E-state index contributed by atoms with van der Waals surface area (Å²) < 4.78 is 39.4. The van der Waals surface area contributed by atoms with Gasteiger partial charge in [-0.25, -0.2) is 0 Å². The topological polar surface area (TPSA) is 78.3 Å². The minimum absolute atomic E-state index is 0.147. The third-order valence-corrected chi connectivity index (χ3v) is 1.30. The molecule has 0 radical (unpaired) electrons. The highest BCUT2D eigenvalue weighted by atomic mass is 19.4. The van der Waals surface area contributed by atoms with Crippen molar-refractivity contribution >= 4 is 6.29 Å². The standard InChI is InChI=1S/C8H11F3N2O2/c1-5(2-6(12)3-14)7(13)15-4-8(9,10)11/h2-3H,4,12-13H2,1H3/b6-2-,7-5+. The van der Waals surface area contributed by atoms with Gasteiger partial charge in [-0.2, -0.15) is 13.2 Å². The van der Waals surface area contributed by atoms with Crippen molar-refractivity contribution in [3.8, 4) is 0 Å². The van der Waals surface area contributed by atoms with E-state index in [1.165, 1.54) is 6.92 Å². The third-order valence-electron chi connectivity index (χ3n) is 1.30. The minimum Gasteiger partial charge on any atom is -0.470 e. The Morgan fingerprint density at radius 3 is 2.33 bits per heavy atom. The number of rotatable bonds is 4. The van der Waals surface area contributed by atoms with Gasteiger partial charge in [0.2, 0.25) is 0 Å². The number of ether oxygens (including phenoxy) is 1. The van der Waals surface area contributed by atoms with Crippen molar-refractivity contribution in [3.63, 3.8) is 0 Å². The normalized spacial score (nSPS) is 14.5. The lowest BCUT2D eigenvalue weighted by atomic mass is 10.2. The maximum absolute atomic E-state index is 11.7. The molecule has 0 unspecified atom stereocenters. The number of carbonyl (C=O) groups is 1. The zero-order valence-electron chi connectivity index (χ0n) is 7.97. The summed E-state index contributed by atoms with van der Waals surface area (Å²) in [6.07, 6.45) is -2.98. The van der Waals surface area contributed by atoms with E-state index >= 15 is 0 Å². The minimum atomic E-state index is -4.45. The SMILES string of the molecule is CC(/C=C(\N)C=O)=C(/N)OCC(F)(F)F. The van der Waals surface area contributed by atoms with Crippen LogP contribution in [0.1, 0.15) is 6.92 Å². The van der Waals surface area contributed by atoms with Gasteiger partial charge in [0, 0.05) is 5.57 Å². The summed E-state index contributed by atoms with van der Waals surface area (Å²) in [6, 6.07) is 0. The van der Waals surface area contributed by atoms with Crippen LogP contribution in [0.25, 0.3) is 0 Å². The summed E-state index contributed by atoms with van der Waals surface area (Å²) in [6.45, 7) is -0.104. The Kier molecular flexibility index (Phi) is 4.69. The van der Waals surface area contributed by atoms with Crippen molar-refractivity contribution in [1.29, 1.82) is 0 Å². The first kappa shape index (κ1) is 13.3. The lowest BCUT2D eigenvalue weighted by molar-refractivity contribution is -0.165. The van der Waals surface area contributed by atoms with Gasteiger partial charge in [-0.1, -0.05) is 0 Å².